The lowest BCUT2D eigenvalue weighted by molar-refractivity contribution is 0.0628. The summed E-state index contributed by atoms with van der Waals surface area (Å²) in [5, 5.41) is 0.582. The summed E-state index contributed by atoms with van der Waals surface area (Å²) < 4.78 is 5.82. The van der Waals surface area contributed by atoms with Crippen molar-refractivity contribution in [3.63, 3.8) is 0 Å². The fraction of sp³-hybridized carbons (Fsp3) is 0.269. The Balaban J connectivity index is 1.33. The normalized spacial score (nSPS) is 14.5. The van der Waals surface area contributed by atoms with Crippen LogP contribution in [0.3, 0.4) is 0 Å². The van der Waals surface area contributed by atoms with Crippen LogP contribution in [0.5, 0.6) is 5.75 Å². The average Bonchev–Trinajstić information content (AvgIpc) is 2.80. The Bertz CT molecular complexity index is 1040. The number of halogens is 1. The van der Waals surface area contributed by atoms with E-state index in [1.165, 1.54) is 11.1 Å². The van der Waals surface area contributed by atoms with Crippen molar-refractivity contribution < 1.29 is 9.53 Å². The summed E-state index contributed by atoms with van der Waals surface area (Å²) in [5.41, 5.74) is 4.32. The zero-order chi connectivity index (χ0) is 21.6. The van der Waals surface area contributed by atoms with Crippen LogP contribution in [0.15, 0.2) is 72.8 Å². The number of ether oxygens (including phenoxy) is 1. The summed E-state index contributed by atoms with van der Waals surface area (Å²) in [6.07, 6.45) is 0. The molecule has 0 unspecified atom stereocenters. The number of rotatable bonds is 6. The van der Waals surface area contributed by atoms with Crippen molar-refractivity contribution in [3.05, 3.63) is 100 Å². The molecule has 0 saturated carbocycles. The zero-order valence-corrected chi connectivity index (χ0v) is 18.5. The first-order chi connectivity index (χ1) is 15.1. The van der Waals surface area contributed by atoms with Gasteiger partial charge in [-0.3, -0.25) is 9.69 Å². The van der Waals surface area contributed by atoms with Crippen LogP contribution in [0, 0.1) is 6.92 Å². The van der Waals surface area contributed by atoms with E-state index in [2.05, 4.69) is 36.1 Å². The molecule has 1 aliphatic rings. The number of benzene rings is 3. The molecule has 31 heavy (non-hydrogen) atoms. The molecule has 0 N–H and O–H groups in total. The largest absolute Gasteiger partial charge is 0.487 e. The Morgan fingerprint density at radius 3 is 2.45 bits per heavy atom. The predicted octanol–water partition coefficient (Wildman–Crippen LogP) is 5.19. The van der Waals surface area contributed by atoms with E-state index in [0.29, 0.717) is 22.9 Å². The van der Waals surface area contributed by atoms with Crippen molar-refractivity contribution in [2.75, 3.05) is 26.2 Å². The standard InChI is InChI=1S/C26H27ClN2O2/c1-20-7-2-3-9-23(20)18-28-13-15-29(16-14-28)26(30)22-10-6-8-21(17-22)19-31-25-12-5-4-11-24(25)27/h2-12,17H,13-16,18-19H2,1H3. The van der Waals surface area contributed by atoms with Gasteiger partial charge in [0.15, 0.2) is 0 Å². The Labute approximate surface area is 189 Å². The van der Waals surface area contributed by atoms with Crippen molar-refractivity contribution in [2.45, 2.75) is 20.1 Å². The third kappa shape index (κ3) is 5.46. The molecule has 1 saturated heterocycles. The van der Waals surface area contributed by atoms with Gasteiger partial charge in [-0.2, -0.15) is 0 Å². The third-order valence-corrected chi connectivity index (χ3v) is 6.03. The molecule has 4 rings (SSSR count). The lowest BCUT2D eigenvalue weighted by Crippen LogP contribution is -2.48. The topological polar surface area (TPSA) is 32.8 Å². The van der Waals surface area contributed by atoms with Crippen LogP contribution < -0.4 is 4.74 Å². The second-order valence-corrected chi connectivity index (χ2v) is 8.32. The van der Waals surface area contributed by atoms with Crippen LogP contribution in [0.4, 0.5) is 0 Å². The third-order valence-electron chi connectivity index (χ3n) is 5.72. The first kappa shape index (κ1) is 21.4. The van der Waals surface area contributed by atoms with Gasteiger partial charge in [0.1, 0.15) is 12.4 Å². The molecule has 1 amide bonds. The lowest BCUT2D eigenvalue weighted by Gasteiger charge is -2.35. The van der Waals surface area contributed by atoms with E-state index in [9.17, 15) is 4.79 Å². The molecule has 0 aromatic heterocycles. The SMILES string of the molecule is Cc1ccccc1CN1CCN(C(=O)c2cccc(COc3ccccc3Cl)c2)CC1. The minimum absolute atomic E-state index is 0.0788. The van der Waals surface area contributed by atoms with E-state index >= 15 is 0 Å². The average molecular weight is 435 g/mol. The molecular formula is C26H27ClN2O2. The number of amides is 1. The van der Waals surface area contributed by atoms with Crippen molar-refractivity contribution >= 4 is 17.5 Å². The summed E-state index contributed by atoms with van der Waals surface area (Å²) in [7, 11) is 0. The molecule has 0 bridgehead atoms. The maximum atomic E-state index is 13.0. The first-order valence-electron chi connectivity index (χ1n) is 10.6. The Kier molecular flexibility index (Phi) is 6.90. The molecule has 0 radical (unpaired) electrons. The molecule has 3 aromatic carbocycles. The van der Waals surface area contributed by atoms with E-state index in [0.717, 1.165) is 38.3 Å². The number of hydrogen-bond donors (Lipinski definition) is 0. The molecule has 0 atom stereocenters. The summed E-state index contributed by atoms with van der Waals surface area (Å²) in [5.74, 6) is 0.723. The second-order valence-electron chi connectivity index (χ2n) is 7.91. The van der Waals surface area contributed by atoms with Crippen LogP contribution in [0.25, 0.3) is 0 Å². The number of carbonyl (C=O) groups is 1. The Morgan fingerprint density at radius 1 is 0.935 bits per heavy atom. The minimum Gasteiger partial charge on any atom is -0.487 e. The number of hydrogen-bond acceptors (Lipinski definition) is 3. The summed E-state index contributed by atoms with van der Waals surface area (Å²) in [4.78, 5) is 17.4. The van der Waals surface area contributed by atoms with Crippen molar-refractivity contribution in [3.8, 4) is 5.75 Å². The van der Waals surface area contributed by atoms with Gasteiger partial charge in [-0.25, -0.2) is 0 Å². The van der Waals surface area contributed by atoms with Gasteiger partial charge in [-0.15, -0.1) is 0 Å². The Hall–Kier alpha value is -2.82. The quantitative estimate of drug-likeness (QED) is 0.535. The summed E-state index contributed by atoms with van der Waals surface area (Å²) in [6, 6.07) is 23.6. The van der Waals surface area contributed by atoms with Gasteiger partial charge < -0.3 is 9.64 Å². The molecular weight excluding hydrogens is 408 g/mol. The van der Waals surface area contributed by atoms with Gasteiger partial charge in [-0.05, 0) is 47.9 Å². The molecule has 1 fully saturated rings. The molecule has 0 aliphatic carbocycles. The molecule has 1 heterocycles. The van der Waals surface area contributed by atoms with Gasteiger partial charge >= 0.3 is 0 Å². The minimum atomic E-state index is 0.0788. The summed E-state index contributed by atoms with van der Waals surface area (Å²) >= 11 is 6.16. The second kappa shape index (κ2) is 9.99. The van der Waals surface area contributed by atoms with Crippen molar-refractivity contribution in [1.82, 2.24) is 9.80 Å². The molecule has 1 aliphatic heterocycles. The zero-order valence-electron chi connectivity index (χ0n) is 17.8. The highest BCUT2D eigenvalue weighted by molar-refractivity contribution is 6.32. The lowest BCUT2D eigenvalue weighted by atomic mass is 10.1. The van der Waals surface area contributed by atoms with Crippen LogP contribution in [0.1, 0.15) is 27.0 Å². The van der Waals surface area contributed by atoms with Crippen LogP contribution in [-0.4, -0.2) is 41.9 Å². The monoisotopic (exact) mass is 434 g/mol. The summed E-state index contributed by atoms with van der Waals surface area (Å²) in [6.45, 7) is 6.71. The predicted molar refractivity (Wildman–Crippen MR) is 125 cm³/mol. The maximum Gasteiger partial charge on any atom is 0.253 e. The molecule has 160 valence electrons. The number of aryl methyl sites for hydroxylation is 1. The smallest absolute Gasteiger partial charge is 0.253 e. The van der Waals surface area contributed by atoms with E-state index in [1.807, 2.05) is 47.4 Å². The highest BCUT2D eigenvalue weighted by Crippen LogP contribution is 2.24. The number of para-hydroxylation sites is 1. The fourth-order valence-electron chi connectivity index (χ4n) is 3.84. The van der Waals surface area contributed by atoms with Gasteiger partial charge in [0.05, 0.1) is 5.02 Å². The highest BCUT2D eigenvalue weighted by atomic mass is 35.5. The number of carbonyl (C=O) groups excluding carboxylic acids is 1. The Morgan fingerprint density at radius 2 is 1.68 bits per heavy atom. The van der Waals surface area contributed by atoms with E-state index in [1.54, 1.807) is 6.07 Å². The first-order valence-corrected chi connectivity index (χ1v) is 11.0. The van der Waals surface area contributed by atoms with Crippen LogP contribution in [0.2, 0.25) is 5.02 Å². The fourth-order valence-corrected chi connectivity index (χ4v) is 4.03. The van der Waals surface area contributed by atoms with Gasteiger partial charge in [0, 0.05) is 38.3 Å². The molecule has 3 aromatic rings. The van der Waals surface area contributed by atoms with Crippen LogP contribution in [-0.2, 0) is 13.2 Å². The van der Waals surface area contributed by atoms with Gasteiger partial charge in [-0.1, -0.05) is 60.1 Å². The van der Waals surface area contributed by atoms with E-state index in [4.69, 9.17) is 16.3 Å². The number of piperazine rings is 1. The molecule has 5 heteroatoms. The molecule has 4 nitrogen and oxygen atoms in total. The maximum absolute atomic E-state index is 13.0. The van der Waals surface area contributed by atoms with Crippen LogP contribution >= 0.6 is 11.6 Å². The van der Waals surface area contributed by atoms with Gasteiger partial charge in [0.25, 0.3) is 5.91 Å². The van der Waals surface area contributed by atoms with E-state index < -0.39 is 0 Å². The molecule has 0 spiro atoms. The van der Waals surface area contributed by atoms with E-state index in [-0.39, 0.29) is 5.91 Å². The number of nitrogens with zero attached hydrogens (tertiary/aromatic N) is 2. The van der Waals surface area contributed by atoms with Gasteiger partial charge in [0.2, 0.25) is 0 Å². The highest BCUT2D eigenvalue weighted by Gasteiger charge is 2.22. The van der Waals surface area contributed by atoms with Crippen molar-refractivity contribution in [1.29, 1.82) is 0 Å². The van der Waals surface area contributed by atoms with Crippen molar-refractivity contribution in [2.24, 2.45) is 0 Å².